The van der Waals surface area contributed by atoms with Gasteiger partial charge in [-0.3, -0.25) is 4.79 Å². The molecular weight excluding hydrogens is 494 g/mol. The first-order chi connectivity index (χ1) is 17.7. The van der Waals surface area contributed by atoms with Crippen LogP contribution in [0.15, 0.2) is 64.5 Å². The normalized spacial score (nSPS) is 11.4. The highest BCUT2D eigenvalue weighted by Gasteiger charge is 2.18. The molecule has 3 aromatic carbocycles. The number of carboxylic acid groups (broad SMARTS) is 1. The molecule has 0 bridgehead atoms. The molecule has 1 N–H and O–H groups in total. The number of aromatic nitrogens is 2. The van der Waals surface area contributed by atoms with Crippen molar-refractivity contribution in [3.63, 3.8) is 0 Å². The first kappa shape index (κ1) is 25.9. The van der Waals surface area contributed by atoms with E-state index in [0.29, 0.717) is 27.3 Å². The molecule has 4 aromatic rings. The highest BCUT2D eigenvalue weighted by Crippen LogP contribution is 2.34. The van der Waals surface area contributed by atoms with Crippen LogP contribution in [0.25, 0.3) is 22.3 Å². The fourth-order valence-electron chi connectivity index (χ4n) is 3.98. The predicted octanol–water partition coefficient (Wildman–Crippen LogP) is 5.50. The van der Waals surface area contributed by atoms with Crippen molar-refractivity contribution in [1.82, 2.24) is 9.66 Å². The molecule has 9 heteroatoms. The van der Waals surface area contributed by atoms with Crippen molar-refractivity contribution in [1.29, 1.82) is 0 Å². The fourth-order valence-corrected chi connectivity index (χ4v) is 4.16. The van der Waals surface area contributed by atoms with Crippen molar-refractivity contribution < 1.29 is 19.4 Å². The average Bonchev–Trinajstić information content (AvgIpc) is 2.87. The number of halogens is 1. The summed E-state index contributed by atoms with van der Waals surface area (Å²) in [7, 11) is 1.63. The topological polar surface area (TPSA) is 103 Å². The van der Waals surface area contributed by atoms with Crippen LogP contribution in [-0.2, 0) is 4.79 Å². The number of carbonyl (C=O) groups is 1. The molecule has 1 aromatic heterocycles. The van der Waals surface area contributed by atoms with Gasteiger partial charge in [-0.2, -0.15) is 9.78 Å². The van der Waals surface area contributed by atoms with Gasteiger partial charge in [0.1, 0.15) is 11.5 Å². The number of carboxylic acids is 1. The Morgan fingerprint density at radius 2 is 1.92 bits per heavy atom. The smallest absolute Gasteiger partial charge is 0.341 e. The molecule has 1 heterocycles. The van der Waals surface area contributed by atoms with Crippen LogP contribution in [0.4, 0.5) is 0 Å². The van der Waals surface area contributed by atoms with Crippen LogP contribution >= 0.6 is 11.6 Å². The summed E-state index contributed by atoms with van der Waals surface area (Å²) in [5.74, 6) is 0.428. The molecule has 0 atom stereocenters. The number of methoxy groups -OCH3 is 1. The van der Waals surface area contributed by atoms with Crippen molar-refractivity contribution >= 4 is 34.7 Å². The van der Waals surface area contributed by atoms with Gasteiger partial charge in [-0.15, -0.1) is 0 Å². The van der Waals surface area contributed by atoms with Crippen molar-refractivity contribution in [3.8, 4) is 22.9 Å². The minimum atomic E-state index is -1.12. The third-order valence-corrected chi connectivity index (χ3v) is 6.06. The van der Waals surface area contributed by atoms with Crippen molar-refractivity contribution in [2.75, 3.05) is 13.7 Å². The number of aryl methyl sites for hydroxylation is 1. The minimum Gasteiger partial charge on any atom is -0.496 e. The van der Waals surface area contributed by atoms with E-state index in [1.54, 1.807) is 43.5 Å². The van der Waals surface area contributed by atoms with Gasteiger partial charge < -0.3 is 14.6 Å². The van der Waals surface area contributed by atoms with Gasteiger partial charge in [-0.1, -0.05) is 37.6 Å². The first-order valence-electron chi connectivity index (χ1n) is 11.6. The van der Waals surface area contributed by atoms with E-state index in [0.717, 1.165) is 22.4 Å². The Morgan fingerprint density at radius 3 is 2.62 bits per heavy atom. The number of aliphatic carboxylic acids is 1. The van der Waals surface area contributed by atoms with Gasteiger partial charge in [0.05, 0.1) is 24.2 Å². The summed E-state index contributed by atoms with van der Waals surface area (Å²) >= 11 is 6.17. The summed E-state index contributed by atoms with van der Waals surface area (Å²) in [5, 5.41) is 14.3. The van der Waals surface area contributed by atoms with Crippen molar-refractivity contribution in [2.24, 2.45) is 5.10 Å². The summed E-state index contributed by atoms with van der Waals surface area (Å²) < 4.78 is 12.2. The number of para-hydroxylation sites is 1. The van der Waals surface area contributed by atoms with Gasteiger partial charge in [-0.25, -0.2) is 9.78 Å². The van der Waals surface area contributed by atoms with Crippen LogP contribution in [0.5, 0.6) is 11.5 Å². The number of rotatable bonds is 8. The third kappa shape index (κ3) is 5.49. The van der Waals surface area contributed by atoms with Gasteiger partial charge in [0.15, 0.2) is 12.4 Å². The molecule has 0 unspecified atom stereocenters. The highest BCUT2D eigenvalue weighted by molar-refractivity contribution is 6.30. The molecule has 0 aliphatic heterocycles. The summed E-state index contributed by atoms with van der Waals surface area (Å²) in [6, 6.07) is 15.7. The molecule has 4 rings (SSSR count). The number of ether oxygens (including phenoxy) is 2. The Bertz CT molecular complexity index is 1580. The average molecular weight is 520 g/mol. The minimum absolute atomic E-state index is 0.166. The van der Waals surface area contributed by atoms with Gasteiger partial charge >= 0.3 is 5.97 Å². The molecule has 0 saturated carbocycles. The lowest BCUT2D eigenvalue weighted by atomic mass is 9.96. The van der Waals surface area contributed by atoms with Gasteiger partial charge in [0.25, 0.3) is 5.56 Å². The van der Waals surface area contributed by atoms with E-state index in [4.69, 9.17) is 31.2 Å². The van der Waals surface area contributed by atoms with Crippen LogP contribution in [-0.4, -0.2) is 40.7 Å². The molecule has 0 aliphatic carbocycles. The lowest BCUT2D eigenvalue weighted by molar-refractivity contribution is -0.139. The number of nitrogens with zero attached hydrogens (tertiary/aromatic N) is 3. The van der Waals surface area contributed by atoms with Crippen molar-refractivity contribution in [2.45, 2.75) is 26.7 Å². The maximum Gasteiger partial charge on any atom is 0.341 e. The number of hydrogen-bond acceptors (Lipinski definition) is 6. The lowest BCUT2D eigenvalue weighted by Crippen LogP contribution is -2.21. The SMILES string of the molecule is COc1cc(C)c(-c2nc3ccccc3c(=O)n2N=Cc2cc(Cl)ccc2OCC(=O)O)cc1C(C)C. The lowest BCUT2D eigenvalue weighted by Gasteiger charge is -2.17. The standard InChI is InChI=1S/C28H26ClN3O5/c1-16(2)21-13-22(17(3)11-25(21)36-4)27-31-23-8-6-5-7-20(23)28(35)32(27)30-14-18-12-19(29)9-10-24(18)37-15-26(33)34/h5-14,16H,15H2,1-4H3,(H,33,34). The zero-order chi connectivity index (χ0) is 26.7. The summed E-state index contributed by atoms with van der Waals surface area (Å²) in [6.45, 7) is 5.52. The van der Waals surface area contributed by atoms with E-state index in [9.17, 15) is 9.59 Å². The van der Waals surface area contributed by atoms with Crippen molar-refractivity contribution in [3.05, 3.63) is 86.7 Å². The molecule has 8 nitrogen and oxygen atoms in total. The van der Waals surface area contributed by atoms with E-state index in [1.807, 2.05) is 25.1 Å². The Balaban J connectivity index is 1.95. The zero-order valence-electron chi connectivity index (χ0n) is 20.9. The summed E-state index contributed by atoms with van der Waals surface area (Å²) in [6.07, 6.45) is 1.41. The molecule has 0 amide bonds. The fraction of sp³-hybridized carbons (Fsp3) is 0.214. The second-order valence-electron chi connectivity index (χ2n) is 8.74. The number of fused-ring (bicyclic) bond motifs is 1. The second kappa shape index (κ2) is 10.8. The molecule has 0 aliphatic rings. The maximum absolute atomic E-state index is 13.6. The number of benzene rings is 3. The third-order valence-electron chi connectivity index (χ3n) is 5.83. The molecule has 190 valence electrons. The van der Waals surface area contributed by atoms with Crippen LogP contribution in [0.2, 0.25) is 5.02 Å². The second-order valence-corrected chi connectivity index (χ2v) is 9.18. The highest BCUT2D eigenvalue weighted by atomic mass is 35.5. The van der Waals surface area contributed by atoms with E-state index >= 15 is 0 Å². The molecule has 0 fully saturated rings. The largest absolute Gasteiger partial charge is 0.496 e. The van der Waals surface area contributed by atoms with E-state index < -0.39 is 12.6 Å². The van der Waals surface area contributed by atoms with Gasteiger partial charge in [0, 0.05) is 16.1 Å². The molecule has 0 spiro atoms. The van der Waals surface area contributed by atoms with E-state index in [2.05, 4.69) is 18.9 Å². The quantitative estimate of drug-likeness (QED) is 0.308. The first-order valence-corrected chi connectivity index (χ1v) is 12.0. The van der Waals surface area contributed by atoms with Gasteiger partial charge in [0.2, 0.25) is 0 Å². The van der Waals surface area contributed by atoms with Crippen LogP contribution < -0.4 is 15.0 Å². The molecular formula is C28H26ClN3O5. The van der Waals surface area contributed by atoms with Crippen LogP contribution in [0.3, 0.4) is 0 Å². The zero-order valence-corrected chi connectivity index (χ0v) is 21.6. The Hall–Kier alpha value is -4.17. The Kier molecular flexibility index (Phi) is 7.59. The predicted molar refractivity (Wildman–Crippen MR) is 144 cm³/mol. The van der Waals surface area contributed by atoms with E-state index in [1.165, 1.54) is 10.9 Å². The van der Waals surface area contributed by atoms with Gasteiger partial charge in [-0.05, 0) is 66.4 Å². The molecule has 37 heavy (non-hydrogen) atoms. The Morgan fingerprint density at radius 1 is 1.16 bits per heavy atom. The van der Waals surface area contributed by atoms with E-state index in [-0.39, 0.29) is 17.2 Å². The molecule has 0 saturated heterocycles. The summed E-state index contributed by atoms with van der Waals surface area (Å²) in [4.78, 5) is 29.4. The van der Waals surface area contributed by atoms with Crippen LogP contribution in [0, 0.1) is 6.92 Å². The summed E-state index contributed by atoms with van der Waals surface area (Å²) in [5.41, 5.74) is 3.17. The maximum atomic E-state index is 13.6. The Labute approximate surface area is 218 Å². The molecule has 0 radical (unpaired) electrons. The number of hydrogen-bond donors (Lipinski definition) is 1. The monoisotopic (exact) mass is 519 g/mol. The van der Waals surface area contributed by atoms with Crippen LogP contribution in [0.1, 0.15) is 36.5 Å².